The Morgan fingerprint density at radius 2 is 1.95 bits per heavy atom. The van der Waals surface area contributed by atoms with Gasteiger partial charge in [0.1, 0.15) is 0 Å². The van der Waals surface area contributed by atoms with Crippen LogP contribution in [0, 0.1) is 17.3 Å². The number of aliphatic hydroxyl groups excluding tert-OH is 2. The van der Waals surface area contributed by atoms with Gasteiger partial charge < -0.3 is 14.9 Å². The van der Waals surface area contributed by atoms with E-state index < -0.39 is 0 Å². The van der Waals surface area contributed by atoms with Crippen LogP contribution in [-0.2, 0) is 11.3 Å². The molecule has 1 aromatic carbocycles. The lowest BCUT2D eigenvalue weighted by Crippen LogP contribution is -2.47. The van der Waals surface area contributed by atoms with Gasteiger partial charge in [0.05, 0.1) is 12.7 Å². The van der Waals surface area contributed by atoms with Gasteiger partial charge in [-0.1, -0.05) is 44.2 Å². The minimum atomic E-state index is -0.384. The fraction of sp³-hybridized carbons (Fsp3) is 0.667. The molecule has 1 unspecified atom stereocenters. The van der Waals surface area contributed by atoms with Gasteiger partial charge in [-0.05, 0) is 36.2 Å². The number of hydrogen-bond acceptors (Lipinski definition) is 3. The van der Waals surface area contributed by atoms with E-state index in [4.69, 9.17) is 4.74 Å². The molecule has 0 bridgehead atoms. The molecule has 0 aliphatic heterocycles. The third kappa shape index (κ3) is 3.85. The van der Waals surface area contributed by atoms with E-state index in [0.29, 0.717) is 19.1 Å². The minimum Gasteiger partial charge on any atom is -0.396 e. The first-order valence-electron chi connectivity index (χ1n) is 7.98. The van der Waals surface area contributed by atoms with Crippen molar-refractivity contribution >= 4 is 0 Å². The lowest BCUT2D eigenvalue weighted by atomic mass is 9.59. The highest BCUT2D eigenvalue weighted by atomic mass is 16.5. The van der Waals surface area contributed by atoms with Crippen LogP contribution in [0.2, 0.25) is 0 Å². The first-order chi connectivity index (χ1) is 10.1. The molecule has 0 aromatic heterocycles. The van der Waals surface area contributed by atoms with Crippen molar-refractivity contribution in [1.82, 2.24) is 0 Å². The third-order valence-corrected chi connectivity index (χ3v) is 5.43. The number of rotatable bonds is 6. The molecule has 0 saturated heterocycles. The molecule has 2 N–H and O–H groups in total. The zero-order chi connectivity index (χ0) is 15.3. The van der Waals surface area contributed by atoms with Crippen LogP contribution < -0.4 is 0 Å². The summed E-state index contributed by atoms with van der Waals surface area (Å²) in [6, 6.07) is 10.2. The average molecular weight is 292 g/mol. The molecular formula is C18H28O3. The van der Waals surface area contributed by atoms with Crippen molar-refractivity contribution in [2.75, 3.05) is 13.2 Å². The fourth-order valence-corrected chi connectivity index (χ4v) is 3.57. The van der Waals surface area contributed by atoms with Crippen molar-refractivity contribution in [3.8, 4) is 0 Å². The molecule has 1 aromatic rings. The van der Waals surface area contributed by atoms with Crippen LogP contribution in [0.25, 0.3) is 0 Å². The highest BCUT2D eigenvalue weighted by molar-refractivity contribution is 5.13. The van der Waals surface area contributed by atoms with Crippen molar-refractivity contribution in [2.24, 2.45) is 17.3 Å². The lowest BCUT2D eigenvalue weighted by Gasteiger charge is -2.48. The molecule has 1 saturated carbocycles. The van der Waals surface area contributed by atoms with E-state index in [1.54, 1.807) is 0 Å². The Bertz CT molecular complexity index is 420. The molecule has 2 rings (SSSR count). The van der Waals surface area contributed by atoms with Crippen LogP contribution in [0.3, 0.4) is 0 Å². The van der Waals surface area contributed by atoms with Crippen molar-refractivity contribution < 1.29 is 14.9 Å². The quantitative estimate of drug-likeness (QED) is 0.792. The van der Waals surface area contributed by atoms with E-state index in [0.717, 1.165) is 19.3 Å². The Labute approximate surface area is 128 Å². The maximum atomic E-state index is 10.2. The predicted molar refractivity (Wildman–Crippen MR) is 83.8 cm³/mol. The molecule has 3 heteroatoms. The number of ether oxygens (including phenoxy) is 1. The second-order valence-corrected chi connectivity index (χ2v) is 6.63. The molecule has 0 heterocycles. The van der Waals surface area contributed by atoms with Crippen LogP contribution in [0.5, 0.6) is 0 Å². The number of benzene rings is 1. The van der Waals surface area contributed by atoms with E-state index in [-0.39, 0.29) is 24.0 Å². The van der Waals surface area contributed by atoms with Crippen LogP contribution >= 0.6 is 0 Å². The van der Waals surface area contributed by atoms with E-state index in [1.807, 2.05) is 18.2 Å². The van der Waals surface area contributed by atoms with Gasteiger partial charge >= 0.3 is 0 Å². The van der Waals surface area contributed by atoms with Crippen LogP contribution in [0.1, 0.15) is 38.7 Å². The summed E-state index contributed by atoms with van der Waals surface area (Å²) >= 11 is 0. The third-order valence-electron chi connectivity index (χ3n) is 5.43. The largest absolute Gasteiger partial charge is 0.396 e. The van der Waals surface area contributed by atoms with E-state index >= 15 is 0 Å². The normalized spacial score (nSPS) is 33.0. The molecule has 0 radical (unpaired) electrons. The molecule has 0 amide bonds. The Morgan fingerprint density at radius 3 is 2.62 bits per heavy atom. The SMILES string of the molecule is C[C@H]1CCC(O)[C@H](CO)[C@]1(C)CCOCc1ccccc1. The van der Waals surface area contributed by atoms with Crippen LogP contribution in [0.15, 0.2) is 30.3 Å². The second kappa shape index (κ2) is 7.39. The van der Waals surface area contributed by atoms with Gasteiger partial charge in [0.15, 0.2) is 0 Å². The van der Waals surface area contributed by atoms with Crippen LogP contribution in [0.4, 0.5) is 0 Å². The summed E-state index contributed by atoms with van der Waals surface area (Å²) in [5, 5.41) is 19.8. The molecule has 3 nitrogen and oxygen atoms in total. The highest BCUT2D eigenvalue weighted by Gasteiger charge is 2.45. The van der Waals surface area contributed by atoms with Crippen molar-refractivity contribution in [3.63, 3.8) is 0 Å². The number of hydrogen-bond donors (Lipinski definition) is 2. The molecular weight excluding hydrogens is 264 g/mol. The Balaban J connectivity index is 1.87. The Hall–Kier alpha value is -0.900. The number of aliphatic hydroxyl groups is 2. The van der Waals surface area contributed by atoms with Gasteiger partial charge in [-0.15, -0.1) is 0 Å². The Kier molecular flexibility index (Phi) is 5.80. The van der Waals surface area contributed by atoms with Crippen LogP contribution in [-0.4, -0.2) is 29.5 Å². The first kappa shape index (κ1) is 16.5. The van der Waals surface area contributed by atoms with E-state index in [1.165, 1.54) is 5.56 Å². The summed E-state index contributed by atoms with van der Waals surface area (Å²) in [6.45, 7) is 5.76. The topological polar surface area (TPSA) is 49.7 Å². The molecule has 0 spiro atoms. The summed E-state index contributed by atoms with van der Waals surface area (Å²) in [4.78, 5) is 0. The monoisotopic (exact) mass is 292 g/mol. The maximum absolute atomic E-state index is 10.2. The molecule has 1 aliphatic rings. The van der Waals surface area contributed by atoms with Crippen molar-refractivity contribution in [1.29, 1.82) is 0 Å². The first-order valence-corrected chi connectivity index (χ1v) is 7.98. The second-order valence-electron chi connectivity index (χ2n) is 6.63. The van der Waals surface area contributed by atoms with Gasteiger partial charge in [0.2, 0.25) is 0 Å². The van der Waals surface area contributed by atoms with Gasteiger partial charge in [-0.3, -0.25) is 0 Å². The average Bonchev–Trinajstić information content (AvgIpc) is 2.50. The standard InChI is InChI=1S/C18H28O3/c1-14-8-9-17(20)16(12-19)18(14,2)10-11-21-13-15-6-4-3-5-7-15/h3-7,14,16-17,19-20H,8-13H2,1-2H3/t14-,16-,17?,18+/m0/s1. The summed E-state index contributed by atoms with van der Waals surface area (Å²) in [5.41, 5.74) is 1.13. The smallest absolute Gasteiger partial charge is 0.0716 e. The fourth-order valence-electron chi connectivity index (χ4n) is 3.57. The van der Waals surface area contributed by atoms with Gasteiger partial charge in [-0.2, -0.15) is 0 Å². The zero-order valence-corrected chi connectivity index (χ0v) is 13.2. The summed E-state index contributed by atoms with van der Waals surface area (Å²) < 4.78 is 5.80. The summed E-state index contributed by atoms with van der Waals surface area (Å²) in [5.74, 6) is 0.458. The van der Waals surface area contributed by atoms with E-state index in [9.17, 15) is 10.2 Å². The molecule has 118 valence electrons. The molecule has 1 aliphatic carbocycles. The maximum Gasteiger partial charge on any atom is 0.0716 e. The molecule has 4 atom stereocenters. The van der Waals surface area contributed by atoms with Gasteiger partial charge in [-0.25, -0.2) is 0 Å². The lowest BCUT2D eigenvalue weighted by molar-refractivity contribution is -0.0887. The van der Waals surface area contributed by atoms with Gasteiger partial charge in [0.25, 0.3) is 0 Å². The van der Waals surface area contributed by atoms with E-state index in [2.05, 4.69) is 26.0 Å². The zero-order valence-electron chi connectivity index (χ0n) is 13.2. The highest BCUT2D eigenvalue weighted by Crippen LogP contribution is 2.47. The van der Waals surface area contributed by atoms with Crippen molar-refractivity contribution in [2.45, 2.75) is 45.8 Å². The predicted octanol–water partition coefficient (Wildman–Crippen LogP) is 3.00. The Morgan fingerprint density at radius 1 is 1.24 bits per heavy atom. The summed E-state index contributed by atoms with van der Waals surface area (Å²) in [6.07, 6.45) is 2.31. The molecule has 1 fully saturated rings. The van der Waals surface area contributed by atoms with Gasteiger partial charge in [0, 0.05) is 19.1 Å². The summed E-state index contributed by atoms with van der Waals surface area (Å²) in [7, 11) is 0. The molecule has 21 heavy (non-hydrogen) atoms. The van der Waals surface area contributed by atoms with Crippen molar-refractivity contribution in [3.05, 3.63) is 35.9 Å². The minimum absolute atomic E-state index is 0.0402.